The molecule has 0 radical (unpaired) electrons. The van der Waals surface area contributed by atoms with E-state index in [9.17, 15) is 0 Å². The number of rotatable bonds is 6. The molecule has 1 unspecified atom stereocenters. The van der Waals surface area contributed by atoms with Crippen LogP contribution in [-0.2, 0) is 6.42 Å². The van der Waals surface area contributed by atoms with Gasteiger partial charge in [0.05, 0.1) is 18.0 Å². The lowest BCUT2D eigenvalue weighted by Crippen LogP contribution is -2.22. The third-order valence-corrected chi connectivity index (χ3v) is 2.94. The number of aromatic nitrogens is 2. The Labute approximate surface area is 108 Å². The van der Waals surface area contributed by atoms with Gasteiger partial charge in [0.25, 0.3) is 0 Å². The maximum Gasteiger partial charge on any atom is 0.121 e. The molecule has 2 aromatic rings. The van der Waals surface area contributed by atoms with Crippen LogP contribution >= 0.6 is 0 Å². The van der Waals surface area contributed by atoms with E-state index in [0.29, 0.717) is 6.04 Å². The first-order valence-electron chi connectivity index (χ1n) is 6.51. The zero-order chi connectivity index (χ0) is 13.0. The number of hydrogen-bond acceptors (Lipinski definition) is 3. The summed E-state index contributed by atoms with van der Waals surface area (Å²) in [5, 5.41) is 8.01. The van der Waals surface area contributed by atoms with Crippen LogP contribution in [-0.4, -0.2) is 16.3 Å². The predicted molar refractivity (Wildman–Crippen MR) is 71.4 cm³/mol. The average Bonchev–Trinajstić information content (AvgIpc) is 2.99. The summed E-state index contributed by atoms with van der Waals surface area (Å²) in [7, 11) is 0. The van der Waals surface area contributed by atoms with Crippen molar-refractivity contribution in [2.75, 3.05) is 6.54 Å². The molecule has 1 N–H and O–H groups in total. The van der Waals surface area contributed by atoms with Crippen LogP contribution in [0.25, 0.3) is 0 Å². The second kappa shape index (κ2) is 5.87. The van der Waals surface area contributed by atoms with Crippen molar-refractivity contribution in [2.24, 2.45) is 0 Å². The molecule has 0 fully saturated rings. The molecule has 0 saturated carbocycles. The lowest BCUT2D eigenvalue weighted by molar-refractivity contribution is 0.411. The SMILES string of the molecule is CCNC(Cc1ccn(C(C)C)n1)c1ccco1. The Bertz CT molecular complexity index is 459. The summed E-state index contributed by atoms with van der Waals surface area (Å²) < 4.78 is 7.46. The van der Waals surface area contributed by atoms with E-state index < -0.39 is 0 Å². The molecule has 0 aliphatic rings. The Hall–Kier alpha value is -1.55. The fraction of sp³-hybridized carbons (Fsp3) is 0.500. The molecular weight excluding hydrogens is 226 g/mol. The topological polar surface area (TPSA) is 43.0 Å². The van der Waals surface area contributed by atoms with Crippen LogP contribution in [0.5, 0.6) is 0 Å². The molecule has 18 heavy (non-hydrogen) atoms. The summed E-state index contributed by atoms with van der Waals surface area (Å²) in [4.78, 5) is 0. The van der Waals surface area contributed by atoms with Gasteiger partial charge in [-0.15, -0.1) is 0 Å². The molecule has 0 aromatic carbocycles. The normalized spacial score (nSPS) is 13.1. The van der Waals surface area contributed by atoms with Crippen LogP contribution < -0.4 is 5.32 Å². The van der Waals surface area contributed by atoms with Crippen LogP contribution in [0.4, 0.5) is 0 Å². The lowest BCUT2D eigenvalue weighted by Gasteiger charge is -2.14. The molecule has 2 rings (SSSR count). The number of nitrogens with one attached hydrogen (secondary N) is 1. The summed E-state index contributed by atoms with van der Waals surface area (Å²) in [5.74, 6) is 0.968. The van der Waals surface area contributed by atoms with Crippen molar-refractivity contribution in [1.82, 2.24) is 15.1 Å². The fourth-order valence-electron chi connectivity index (χ4n) is 1.99. The third kappa shape index (κ3) is 3.01. The van der Waals surface area contributed by atoms with Crippen LogP contribution in [0.3, 0.4) is 0 Å². The van der Waals surface area contributed by atoms with Crippen molar-refractivity contribution in [3.63, 3.8) is 0 Å². The average molecular weight is 247 g/mol. The van der Waals surface area contributed by atoms with Crippen LogP contribution in [0.15, 0.2) is 35.1 Å². The Morgan fingerprint density at radius 2 is 2.22 bits per heavy atom. The van der Waals surface area contributed by atoms with Crippen molar-refractivity contribution in [3.05, 3.63) is 42.1 Å². The third-order valence-electron chi connectivity index (χ3n) is 2.94. The first kappa shape index (κ1) is 12.9. The monoisotopic (exact) mass is 247 g/mol. The first-order valence-corrected chi connectivity index (χ1v) is 6.51. The number of hydrogen-bond donors (Lipinski definition) is 1. The molecule has 2 heterocycles. The van der Waals surface area contributed by atoms with E-state index in [1.165, 1.54) is 0 Å². The van der Waals surface area contributed by atoms with Gasteiger partial charge in [0.15, 0.2) is 0 Å². The molecule has 0 amide bonds. The number of nitrogens with zero attached hydrogens (tertiary/aromatic N) is 2. The van der Waals surface area contributed by atoms with Gasteiger partial charge in [0, 0.05) is 18.7 Å². The van der Waals surface area contributed by atoms with Gasteiger partial charge in [-0.2, -0.15) is 5.10 Å². The molecule has 98 valence electrons. The highest BCUT2D eigenvalue weighted by molar-refractivity contribution is 5.10. The summed E-state index contributed by atoms with van der Waals surface area (Å²) in [6.45, 7) is 7.27. The minimum atomic E-state index is 0.195. The zero-order valence-corrected chi connectivity index (χ0v) is 11.3. The minimum Gasteiger partial charge on any atom is -0.468 e. The second-order valence-corrected chi connectivity index (χ2v) is 4.71. The Balaban J connectivity index is 2.08. The lowest BCUT2D eigenvalue weighted by atomic mass is 10.1. The van der Waals surface area contributed by atoms with Gasteiger partial charge < -0.3 is 9.73 Å². The molecular formula is C14H21N3O. The largest absolute Gasteiger partial charge is 0.468 e. The minimum absolute atomic E-state index is 0.195. The highest BCUT2D eigenvalue weighted by Gasteiger charge is 2.15. The van der Waals surface area contributed by atoms with Crippen molar-refractivity contribution in [1.29, 1.82) is 0 Å². The maximum absolute atomic E-state index is 5.48. The van der Waals surface area contributed by atoms with E-state index in [2.05, 4.69) is 37.3 Å². The number of likely N-dealkylation sites (N-methyl/N-ethyl adjacent to an activating group) is 1. The van der Waals surface area contributed by atoms with Gasteiger partial charge in [-0.25, -0.2) is 0 Å². The standard InChI is InChI=1S/C14H21N3O/c1-4-15-13(14-6-5-9-18-14)10-12-7-8-17(16-12)11(2)3/h5-9,11,13,15H,4,10H2,1-3H3. The Morgan fingerprint density at radius 3 is 2.78 bits per heavy atom. The van der Waals surface area contributed by atoms with Gasteiger partial charge >= 0.3 is 0 Å². The summed E-state index contributed by atoms with van der Waals surface area (Å²) >= 11 is 0. The zero-order valence-electron chi connectivity index (χ0n) is 11.3. The van der Waals surface area contributed by atoms with Crippen molar-refractivity contribution in [3.8, 4) is 0 Å². The molecule has 0 spiro atoms. The van der Waals surface area contributed by atoms with Gasteiger partial charge in [0.2, 0.25) is 0 Å². The van der Waals surface area contributed by atoms with E-state index in [0.717, 1.165) is 24.4 Å². The highest BCUT2D eigenvalue weighted by Crippen LogP contribution is 2.18. The van der Waals surface area contributed by atoms with Crippen molar-refractivity contribution >= 4 is 0 Å². The smallest absolute Gasteiger partial charge is 0.121 e. The van der Waals surface area contributed by atoms with E-state index in [4.69, 9.17) is 4.42 Å². The van der Waals surface area contributed by atoms with Crippen LogP contribution in [0, 0.1) is 0 Å². The number of furan rings is 1. The molecule has 0 bridgehead atoms. The first-order chi connectivity index (χ1) is 8.70. The molecule has 0 saturated heterocycles. The second-order valence-electron chi connectivity index (χ2n) is 4.71. The van der Waals surface area contributed by atoms with E-state index in [1.807, 2.05) is 23.0 Å². The van der Waals surface area contributed by atoms with Gasteiger partial charge in [-0.3, -0.25) is 4.68 Å². The van der Waals surface area contributed by atoms with Crippen molar-refractivity contribution in [2.45, 2.75) is 39.3 Å². The molecule has 1 atom stereocenters. The molecule has 0 aliphatic carbocycles. The van der Waals surface area contributed by atoms with Crippen molar-refractivity contribution < 1.29 is 4.42 Å². The predicted octanol–water partition coefficient (Wildman–Crippen LogP) is 2.95. The van der Waals surface area contributed by atoms with Gasteiger partial charge in [-0.05, 0) is 38.6 Å². The fourth-order valence-corrected chi connectivity index (χ4v) is 1.99. The summed E-state index contributed by atoms with van der Waals surface area (Å²) in [5.41, 5.74) is 1.09. The van der Waals surface area contributed by atoms with Gasteiger partial charge in [0.1, 0.15) is 5.76 Å². The molecule has 4 heteroatoms. The summed E-state index contributed by atoms with van der Waals surface area (Å²) in [6, 6.07) is 6.60. The molecule has 2 aromatic heterocycles. The molecule has 0 aliphatic heterocycles. The van der Waals surface area contributed by atoms with Crippen LogP contribution in [0.1, 0.15) is 44.3 Å². The Kier molecular flexibility index (Phi) is 4.20. The van der Waals surface area contributed by atoms with E-state index in [1.54, 1.807) is 6.26 Å². The molecule has 4 nitrogen and oxygen atoms in total. The quantitative estimate of drug-likeness (QED) is 0.853. The van der Waals surface area contributed by atoms with E-state index >= 15 is 0 Å². The highest BCUT2D eigenvalue weighted by atomic mass is 16.3. The van der Waals surface area contributed by atoms with Crippen LogP contribution in [0.2, 0.25) is 0 Å². The maximum atomic E-state index is 5.48. The van der Waals surface area contributed by atoms with Gasteiger partial charge in [-0.1, -0.05) is 6.92 Å². The summed E-state index contributed by atoms with van der Waals surface area (Å²) in [6.07, 6.45) is 4.60. The van der Waals surface area contributed by atoms with E-state index in [-0.39, 0.29) is 6.04 Å². The Morgan fingerprint density at radius 1 is 1.39 bits per heavy atom.